The summed E-state index contributed by atoms with van der Waals surface area (Å²) in [4.78, 5) is 25.7. The minimum Gasteiger partial charge on any atom is -0.444 e. The molecule has 2 rings (SSSR count). The number of carbonyl (C=O) groups is 2. The van der Waals surface area contributed by atoms with Gasteiger partial charge in [0.15, 0.2) is 0 Å². The summed E-state index contributed by atoms with van der Waals surface area (Å²) in [6, 6.07) is 0. The fraction of sp³-hybridized carbons (Fsp3) is 0.857. The van der Waals surface area contributed by atoms with Crippen LogP contribution in [0.4, 0.5) is 4.79 Å². The van der Waals surface area contributed by atoms with Crippen LogP contribution in [0.15, 0.2) is 0 Å². The van der Waals surface area contributed by atoms with Gasteiger partial charge in [-0.1, -0.05) is 0 Å². The van der Waals surface area contributed by atoms with E-state index >= 15 is 0 Å². The maximum atomic E-state index is 12.0. The number of rotatable bonds is 1. The van der Waals surface area contributed by atoms with Crippen molar-refractivity contribution in [2.45, 2.75) is 39.2 Å². The van der Waals surface area contributed by atoms with Gasteiger partial charge in [0.1, 0.15) is 11.4 Å². The predicted octanol–water partition coefficient (Wildman–Crippen LogP) is 1.44. The molecule has 0 bridgehead atoms. The molecule has 1 aliphatic carbocycles. The van der Waals surface area contributed by atoms with Crippen molar-refractivity contribution < 1.29 is 19.4 Å². The molecule has 1 amide bonds. The van der Waals surface area contributed by atoms with Crippen LogP contribution in [0.2, 0.25) is 0 Å². The van der Waals surface area contributed by atoms with E-state index in [1.807, 2.05) is 20.8 Å². The van der Waals surface area contributed by atoms with Crippen LogP contribution in [0.5, 0.6) is 0 Å². The Morgan fingerprint density at radius 3 is 2.68 bits per heavy atom. The van der Waals surface area contributed by atoms with Crippen molar-refractivity contribution in [3.8, 4) is 0 Å². The topological polar surface area (TPSA) is 66.8 Å². The Balaban J connectivity index is 1.99. The summed E-state index contributed by atoms with van der Waals surface area (Å²) < 4.78 is 5.34. The highest BCUT2D eigenvalue weighted by molar-refractivity contribution is 5.84. The second kappa shape index (κ2) is 5.12. The van der Waals surface area contributed by atoms with Crippen LogP contribution in [-0.4, -0.2) is 47.2 Å². The number of Topliss-reactive ketones (excluding diaryl/α,β-unsaturated/α-hetero) is 1. The lowest BCUT2D eigenvalue weighted by atomic mass is 9.75. The molecule has 3 atom stereocenters. The van der Waals surface area contributed by atoms with Crippen LogP contribution in [0.1, 0.15) is 33.6 Å². The highest BCUT2D eigenvalue weighted by Gasteiger charge is 2.44. The van der Waals surface area contributed by atoms with Crippen molar-refractivity contribution in [1.82, 2.24) is 4.90 Å². The van der Waals surface area contributed by atoms with Crippen LogP contribution in [0, 0.1) is 17.8 Å². The molecule has 2 aliphatic rings. The number of amides is 1. The number of fused-ring (bicyclic) bond motifs is 1. The monoisotopic (exact) mass is 269 g/mol. The number of hydrogen-bond acceptors (Lipinski definition) is 4. The Morgan fingerprint density at radius 1 is 1.42 bits per heavy atom. The van der Waals surface area contributed by atoms with Gasteiger partial charge in [-0.15, -0.1) is 0 Å². The molecule has 0 unspecified atom stereocenters. The Labute approximate surface area is 113 Å². The fourth-order valence-corrected chi connectivity index (χ4v) is 3.04. The summed E-state index contributed by atoms with van der Waals surface area (Å²) in [6.07, 6.45) is 0.932. The second-order valence-electron chi connectivity index (χ2n) is 6.71. The largest absolute Gasteiger partial charge is 0.444 e. The molecule has 1 saturated carbocycles. The molecule has 0 aromatic rings. The quantitative estimate of drug-likeness (QED) is 0.782. The zero-order chi connectivity index (χ0) is 14.2. The minimum atomic E-state index is -0.511. The molecule has 5 nitrogen and oxygen atoms in total. The third-order valence-electron chi connectivity index (χ3n) is 3.89. The molecule has 1 saturated heterocycles. The van der Waals surface area contributed by atoms with Gasteiger partial charge in [-0.2, -0.15) is 0 Å². The Bertz CT molecular complexity index is 374. The first kappa shape index (κ1) is 14.3. The van der Waals surface area contributed by atoms with Gasteiger partial charge in [0.05, 0.1) is 0 Å². The lowest BCUT2D eigenvalue weighted by Crippen LogP contribution is -2.36. The van der Waals surface area contributed by atoms with E-state index in [1.54, 1.807) is 4.90 Å². The van der Waals surface area contributed by atoms with Crippen LogP contribution in [0.25, 0.3) is 0 Å². The molecule has 19 heavy (non-hydrogen) atoms. The molecule has 108 valence electrons. The van der Waals surface area contributed by atoms with E-state index in [9.17, 15) is 14.7 Å². The second-order valence-corrected chi connectivity index (χ2v) is 6.71. The lowest BCUT2D eigenvalue weighted by molar-refractivity contribution is -0.127. The molecular weight excluding hydrogens is 246 g/mol. The maximum absolute atomic E-state index is 12.0. The number of nitrogens with zero attached hydrogens (tertiary/aromatic N) is 1. The molecule has 1 heterocycles. The summed E-state index contributed by atoms with van der Waals surface area (Å²) in [7, 11) is 0. The van der Waals surface area contributed by atoms with E-state index in [0.29, 0.717) is 19.5 Å². The van der Waals surface area contributed by atoms with E-state index in [2.05, 4.69) is 0 Å². The summed E-state index contributed by atoms with van der Waals surface area (Å²) in [5, 5.41) is 9.20. The third-order valence-corrected chi connectivity index (χ3v) is 3.89. The first-order chi connectivity index (χ1) is 8.80. The van der Waals surface area contributed by atoms with Gasteiger partial charge in [-0.3, -0.25) is 4.79 Å². The molecule has 0 aromatic carbocycles. The molecule has 5 heteroatoms. The summed E-state index contributed by atoms with van der Waals surface area (Å²) in [5.74, 6) is 0.370. The Hall–Kier alpha value is -1.10. The first-order valence-electron chi connectivity index (χ1n) is 6.91. The van der Waals surface area contributed by atoms with Crippen LogP contribution >= 0.6 is 0 Å². The summed E-state index contributed by atoms with van der Waals surface area (Å²) >= 11 is 0. The standard InChI is InChI=1S/C14H23NO4/c1-14(2,3)19-13(18)15-6-10-4-9(8-16)5-12(17)11(10)7-15/h9-11,16H,4-8H2,1-3H3/t9-,10+,11-/m1/s1. The zero-order valence-corrected chi connectivity index (χ0v) is 11.9. The van der Waals surface area contributed by atoms with Gasteiger partial charge in [0.2, 0.25) is 0 Å². The summed E-state index contributed by atoms with van der Waals surface area (Å²) in [5.41, 5.74) is -0.511. The molecule has 2 fully saturated rings. The van der Waals surface area contributed by atoms with Crippen molar-refractivity contribution in [2.75, 3.05) is 19.7 Å². The van der Waals surface area contributed by atoms with E-state index in [0.717, 1.165) is 6.42 Å². The summed E-state index contributed by atoms with van der Waals surface area (Å²) in [6.45, 7) is 6.60. The van der Waals surface area contributed by atoms with Crippen molar-refractivity contribution in [1.29, 1.82) is 0 Å². The molecule has 0 aromatic heterocycles. The third kappa shape index (κ3) is 3.26. The number of hydrogen-bond donors (Lipinski definition) is 1. The smallest absolute Gasteiger partial charge is 0.410 e. The van der Waals surface area contributed by atoms with Crippen molar-refractivity contribution in [2.24, 2.45) is 17.8 Å². The van der Waals surface area contributed by atoms with E-state index in [4.69, 9.17) is 4.74 Å². The van der Waals surface area contributed by atoms with Gasteiger partial charge >= 0.3 is 6.09 Å². The molecule has 1 aliphatic heterocycles. The fourth-order valence-electron chi connectivity index (χ4n) is 3.04. The molecule has 1 N–H and O–H groups in total. The van der Waals surface area contributed by atoms with Gasteiger partial charge in [0.25, 0.3) is 0 Å². The van der Waals surface area contributed by atoms with Crippen molar-refractivity contribution in [3.05, 3.63) is 0 Å². The number of carbonyl (C=O) groups excluding carboxylic acids is 2. The highest BCUT2D eigenvalue weighted by atomic mass is 16.6. The van der Waals surface area contributed by atoms with Crippen LogP contribution in [0.3, 0.4) is 0 Å². The number of aliphatic hydroxyl groups excluding tert-OH is 1. The Morgan fingerprint density at radius 2 is 2.11 bits per heavy atom. The van der Waals surface area contributed by atoms with E-state index in [1.165, 1.54) is 0 Å². The molecule has 0 radical (unpaired) electrons. The van der Waals surface area contributed by atoms with E-state index in [-0.39, 0.29) is 36.2 Å². The average Bonchev–Trinajstić information content (AvgIpc) is 2.71. The minimum absolute atomic E-state index is 0.0569. The Kier molecular flexibility index (Phi) is 3.85. The van der Waals surface area contributed by atoms with Crippen LogP contribution in [-0.2, 0) is 9.53 Å². The number of ketones is 1. The SMILES string of the molecule is CC(C)(C)OC(=O)N1C[C@@H]2C[C@@H](CO)CC(=O)[C@@H]2C1. The number of ether oxygens (including phenoxy) is 1. The highest BCUT2D eigenvalue weighted by Crippen LogP contribution is 2.37. The number of aliphatic hydroxyl groups is 1. The normalized spacial score (nSPS) is 31.3. The van der Waals surface area contributed by atoms with Crippen LogP contribution < -0.4 is 0 Å². The average molecular weight is 269 g/mol. The van der Waals surface area contributed by atoms with Gasteiger partial charge in [0, 0.05) is 32.0 Å². The predicted molar refractivity (Wildman–Crippen MR) is 69.6 cm³/mol. The van der Waals surface area contributed by atoms with Gasteiger partial charge < -0.3 is 14.7 Å². The number of likely N-dealkylation sites (tertiary alicyclic amines) is 1. The maximum Gasteiger partial charge on any atom is 0.410 e. The van der Waals surface area contributed by atoms with Gasteiger partial charge in [-0.05, 0) is 39.0 Å². The molecule has 0 spiro atoms. The first-order valence-corrected chi connectivity index (χ1v) is 6.91. The van der Waals surface area contributed by atoms with E-state index < -0.39 is 5.60 Å². The van der Waals surface area contributed by atoms with Crippen molar-refractivity contribution >= 4 is 11.9 Å². The zero-order valence-electron chi connectivity index (χ0n) is 11.9. The lowest BCUT2D eigenvalue weighted by Gasteiger charge is -2.28. The van der Waals surface area contributed by atoms with Gasteiger partial charge in [-0.25, -0.2) is 4.79 Å². The van der Waals surface area contributed by atoms with Crippen molar-refractivity contribution in [3.63, 3.8) is 0 Å². The molecular formula is C14H23NO4.